The Morgan fingerprint density at radius 3 is 2.42 bits per heavy atom. The van der Waals surface area contributed by atoms with Crippen molar-refractivity contribution in [3.05, 3.63) is 28.3 Å². The summed E-state index contributed by atoms with van der Waals surface area (Å²) in [5.74, 6) is 0. The Labute approximate surface area is 153 Å². The zero-order chi connectivity index (χ0) is 19.7. The molecule has 0 aliphatic carbocycles. The van der Waals surface area contributed by atoms with Crippen LogP contribution in [-0.2, 0) is 14.8 Å². The standard InChI is InChI=1S/C16H26N4O5S/c1-11-8-19(9-12(2)25-11)16(3,4)10-18-14-6-5-13(20(21)22)7-15(14)26(17,23)24/h5-7,11-12,18H,8-10H2,1-4H3,(H2,17,23,24). The first-order valence-corrected chi connectivity index (χ1v) is 9.90. The molecule has 3 N–H and O–H groups in total. The summed E-state index contributed by atoms with van der Waals surface area (Å²) in [6.07, 6.45) is 0.217. The molecule has 26 heavy (non-hydrogen) atoms. The molecule has 1 saturated heterocycles. The summed E-state index contributed by atoms with van der Waals surface area (Å²) >= 11 is 0. The number of primary sulfonamides is 1. The van der Waals surface area contributed by atoms with Crippen molar-refractivity contribution in [3.8, 4) is 0 Å². The zero-order valence-electron chi connectivity index (χ0n) is 15.4. The second-order valence-electron chi connectivity index (χ2n) is 7.31. The third kappa shape index (κ3) is 4.91. The van der Waals surface area contributed by atoms with Crippen molar-refractivity contribution in [2.75, 3.05) is 25.0 Å². The molecule has 2 rings (SSSR count). The molecule has 9 nitrogen and oxygen atoms in total. The van der Waals surface area contributed by atoms with Gasteiger partial charge in [0.05, 0.1) is 22.8 Å². The molecule has 2 atom stereocenters. The number of nitro benzene ring substituents is 1. The van der Waals surface area contributed by atoms with Gasteiger partial charge in [0, 0.05) is 37.3 Å². The van der Waals surface area contributed by atoms with Crippen molar-refractivity contribution in [2.45, 2.75) is 50.3 Å². The van der Waals surface area contributed by atoms with Gasteiger partial charge in [0.25, 0.3) is 5.69 Å². The average Bonchev–Trinajstić information content (AvgIpc) is 2.51. The summed E-state index contributed by atoms with van der Waals surface area (Å²) in [4.78, 5) is 12.2. The normalized spacial score (nSPS) is 22.2. The minimum absolute atomic E-state index is 0.109. The van der Waals surface area contributed by atoms with Gasteiger partial charge >= 0.3 is 0 Å². The van der Waals surface area contributed by atoms with E-state index in [1.165, 1.54) is 12.1 Å². The molecule has 0 saturated carbocycles. The van der Waals surface area contributed by atoms with E-state index >= 15 is 0 Å². The summed E-state index contributed by atoms with van der Waals surface area (Å²) < 4.78 is 29.4. The van der Waals surface area contributed by atoms with Gasteiger partial charge in [-0.1, -0.05) is 0 Å². The molecule has 1 heterocycles. The van der Waals surface area contributed by atoms with Crippen molar-refractivity contribution >= 4 is 21.4 Å². The number of hydrogen-bond donors (Lipinski definition) is 2. The number of nitrogens with zero attached hydrogens (tertiary/aromatic N) is 2. The van der Waals surface area contributed by atoms with Crippen LogP contribution in [-0.4, -0.2) is 55.6 Å². The Kier molecular flexibility index (Phi) is 5.91. The highest BCUT2D eigenvalue weighted by Gasteiger charge is 2.33. The maximum Gasteiger partial charge on any atom is 0.270 e. The van der Waals surface area contributed by atoms with Gasteiger partial charge in [-0.15, -0.1) is 0 Å². The quantitative estimate of drug-likeness (QED) is 0.560. The van der Waals surface area contributed by atoms with Crippen LogP contribution < -0.4 is 10.5 Å². The van der Waals surface area contributed by atoms with E-state index in [0.29, 0.717) is 6.54 Å². The fourth-order valence-corrected chi connectivity index (χ4v) is 3.83. The van der Waals surface area contributed by atoms with Crippen LogP contribution in [0.4, 0.5) is 11.4 Å². The number of non-ortho nitro benzene ring substituents is 1. The van der Waals surface area contributed by atoms with Crippen molar-refractivity contribution < 1.29 is 18.1 Å². The highest BCUT2D eigenvalue weighted by molar-refractivity contribution is 7.89. The number of hydrogen-bond acceptors (Lipinski definition) is 7. The molecule has 0 spiro atoms. The third-order valence-electron chi connectivity index (χ3n) is 4.47. The van der Waals surface area contributed by atoms with Gasteiger partial charge in [-0.25, -0.2) is 13.6 Å². The molecule has 1 aliphatic heterocycles. The van der Waals surface area contributed by atoms with Crippen molar-refractivity contribution in [1.82, 2.24) is 4.90 Å². The maximum atomic E-state index is 11.8. The lowest BCUT2D eigenvalue weighted by atomic mass is 10.00. The number of morpholine rings is 1. The first kappa shape index (κ1) is 20.6. The SMILES string of the molecule is CC1CN(C(C)(C)CNc2ccc([N+](=O)[O-])cc2S(N)(=O)=O)CC(C)O1. The van der Waals surface area contributed by atoms with Gasteiger partial charge in [-0.3, -0.25) is 15.0 Å². The van der Waals surface area contributed by atoms with Crippen LogP contribution >= 0.6 is 0 Å². The lowest BCUT2D eigenvalue weighted by molar-refractivity contribution is -0.385. The number of anilines is 1. The predicted molar refractivity (Wildman–Crippen MR) is 98.6 cm³/mol. The Hall–Kier alpha value is -1.75. The monoisotopic (exact) mass is 386 g/mol. The van der Waals surface area contributed by atoms with Gasteiger partial charge in [0.1, 0.15) is 4.90 Å². The number of benzene rings is 1. The fourth-order valence-electron chi connectivity index (χ4n) is 3.10. The lowest BCUT2D eigenvalue weighted by Crippen LogP contribution is -2.57. The Morgan fingerprint density at radius 1 is 1.35 bits per heavy atom. The van der Waals surface area contributed by atoms with E-state index < -0.39 is 14.9 Å². The van der Waals surface area contributed by atoms with Crippen LogP contribution in [0.2, 0.25) is 0 Å². The highest BCUT2D eigenvalue weighted by Crippen LogP contribution is 2.27. The van der Waals surface area contributed by atoms with Crippen LogP contribution in [0.25, 0.3) is 0 Å². The van der Waals surface area contributed by atoms with E-state index in [1.54, 1.807) is 0 Å². The van der Waals surface area contributed by atoms with Gasteiger partial charge < -0.3 is 10.1 Å². The average molecular weight is 386 g/mol. The Morgan fingerprint density at radius 2 is 1.92 bits per heavy atom. The smallest absolute Gasteiger partial charge is 0.270 e. The summed E-state index contributed by atoms with van der Waals surface area (Å²) in [5, 5.41) is 19.2. The zero-order valence-corrected chi connectivity index (χ0v) is 16.2. The molecular weight excluding hydrogens is 360 g/mol. The minimum Gasteiger partial charge on any atom is -0.382 e. The van der Waals surface area contributed by atoms with Crippen LogP contribution in [0, 0.1) is 10.1 Å². The van der Waals surface area contributed by atoms with E-state index in [4.69, 9.17) is 9.88 Å². The largest absolute Gasteiger partial charge is 0.382 e. The van der Waals surface area contributed by atoms with Crippen molar-refractivity contribution in [3.63, 3.8) is 0 Å². The second kappa shape index (κ2) is 7.47. The van der Waals surface area contributed by atoms with E-state index in [-0.39, 0.29) is 34.0 Å². The number of nitro groups is 1. The number of nitrogens with one attached hydrogen (secondary N) is 1. The molecule has 146 valence electrons. The molecule has 1 aliphatic rings. The molecule has 0 aromatic heterocycles. The molecule has 1 aromatic rings. The highest BCUT2D eigenvalue weighted by atomic mass is 32.2. The second-order valence-corrected chi connectivity index (χ2v) is 8.84. The molecule has 0 radical (unpaired) electrons. The molecule has 0 amide bonds. The minimum atomic E-state index is -4.10. The van der Waals surface area contributed by atoms with E-state index in [0.717, 1.165) is 19.2 Å². The van der Waals surface area contributed by atoms with Crippen molar-refractivity contribution in [2.24, 2.45) is 5.14 Å². The number of ether oxygens (including phenoxy) is 1. The van der Waals surface area contributed by atoms with Gasteiger partial charge in [-0.2, -0.15) is 0 Å². The summed E-state index contributed by atoms with van der Waals surface area (Å²) in [5.41, 5.74) is -0.362. The molecule has 1 fully saturated rings. The van der Waals surface area contributed by atoms with Gasteiger partial charge in [0.15, 0.2) is 0 Å². The summed E-state index contributed by atoms with van der Waals surface area (Å²) in [6.45, 7) is 10.1. The van der Waals surface area contributed by atoms with E-state index in [1.807, 2.05) is 27.7 Å². The lowest BCUT2D eigenvalue weighted by Gasteiger charge is -2.45. The summed E-state index contributed by atoms with van der Waals surface area (Å²) in [7, 11) is -4.10. The number of nitrogens with two attached hydrogens (primary N) is 1. The molecule has 10 heteroatoms. The van der Waals surface area contributed by atoms with Crippen LogP contribution in [0.1, 0.15) is 27.7 Å². The molecule has 0 bridgehead atoms. The van der Waals surface area contributed by atoms with Gasteiger partial charge in [0.2, 0.25) is 10.0 Å². The fraction of sp³-hybridized carbons (Fsp3) is 0.625. The van der Waals surface area contributed by atoms with Crippen LogP contribution in [0.15, 0.2) is 23.1 Å². The van der Waals surface area contributed by atoms with E-state index in [9.17, 15) is 18.5 Å². The molecular formula is C16H26N4O5S. The van der Waals surface area contributed by atoms with E-state index in [2.05, 4.69) is 10.2 Å². The number of rotatable bonds is 6. The number of sulfonamides is 1. The Bertz CT molecular complexity index is 771. The predicted octanol–water partition coefficient (Wildman–Crippen LogP) is 1.54. The topological polar surface area (TPSA) is 128 Å². The van der Waals surface area contributed by atoms with Crippen LogP contribution in [0.3, 0.4) is 0 Å². The first-order valence-electron chi connectivity index (χ1n) is 8.36. The van der Waals surface area contributed by atoms with Gasteiger partial charge in [-0.05, 0) is 33.8 Å². The Balaban J connectivity index is 2.21. The third-order valence-corrected chi connectivity index (χ3v) is 5.42. The maximum absolute atomic E-state index is 11.8. The molecule has 2 unspecified atom stereocenters. The summed E-state index contributed by atoms with van der Waals surface area (Å²) in [6, 6.07) is 3.60. The first-order chi connectivity index (χ1) is 11.9. The van der Waals surface area contributed by atoms with Crippen LogP contribution in [0.5, 0.6) is 0 Å². The molecule has 1 aromatic carbocycles. The van der Waals surface area contributed by atoms with Crippen molar-refractivity contribution in [1.29, 1.82) is 0 Å².